The van der Waals surface area contributed by atoms with Crippen LogP contribution in [-0.2, 0) is 9.53 Å². The Kier molecular flexibility index (Phi) is 4.21. The van der Waals surface area contributed by atoms with E-state index in [-0.39, 0.29) is 5.92 Å². The largest absolute Gasteiger partial charge is 0.377 e. The number of hydrogen-bond acceptors (Lipinski definition) is 3. The average Bonchev–Trinajstić information content (AvgIpc) is 2.70. The Labute approximate surface area is 105 Å². The molecule has 3 nitrogen and oxygen atoms in total. The van der Waals surface area contributed by atoms with Gasteiger partial charge in [0.05, 0.1) is 6.10 Å². The Hall–Kier alpha value is -0.410. The molecule has 2 fully saturated rings. The molecule has 4 unspecified atom stereocenters. The number of ketones is 1. The van der Waals surface area contributed by atoms with Gasteiger partial charge in [-0.25, -0.2) is 0 Å². The van der Waals surface area contributed by atoms with Gasteiger partial charge in [-0.1, -0.05) is 6.92 Å². The summed E-state index contributed by atoms with van der Waals surface area (Å²) < 4.78 is 5.60. The summed E-state index contributed by atoms with van der Waals surface area (Å²) in [4.78, 5) is 14.3. The van der Waals surface area contributed by atoms with Gasteiger partial charge in [0.2, 0.25) is 0 Å². The normalized spacial score (nSPS) is 38.9. The molecule has 0 N–H and O–H groups in total. The highest BCUT2D eigenvalue weighted by atomic mass is 16.5. The third-order valence-corrected chi connectivity index (χ3v) is 4.44. The molecule has 1 saturated heterocycles. The van der Waals surface area contributed by atoms with Crippen molar-refractivity contribution in [2.75, 3.05) is 20.2 Å². The van der Waals surface area contributed by atoms with Crippen molar-refractivity contribution in [2.24, 2.45) is 11.8 Å². The van der Waals surface area contributed by atoms with Crippen LogP contribution < -0.4 is 0 Å². The van der Waals surface area contributed by atoms with Gasteiger partial charge in [0.25, 0.3) is 0 Å². The van der Waals surface area contributed by atoms with Crippen LogP contribution in [0.1, 0.15) is 39.5 Å². The van der Waals surface area contributed by atoms with Crippen LogP contribution >= 0.6 is 0 Å². The van der Waals surface area contributed by atoms with Gasteiger partial charge >= 0.3 is 0 Å². The quantitative estimate of drug-likeness (QED) is 0.755. The molecular formula is C14H25NO2. The van der Waals surface area contributed by atoms with Gasteiger partial charge in [-0.05, 0) is 39.2 Å². The van der Waals surface area contributed by atoms with Crippen LogP contribution in [-0.4, -0.2) is 43.0 Å². The summed E-state index contributed by atoms with van der Waals surface area (Å²) >= 11 is 0. The fraction of sp³-hybridized carbons (Fsp3) is 0.929. The van der Waals surface area contributed by atoms with E-state index in [1.807, 2.05) is 0 Å². The van der Waals surface area contributed by atoms with Crippen molar-refractivity contribution in [3.63, 3.8) is 0 Å². The third-order valence-electron chi connectivity index (χ3n) is 4.44. The summed E-state index contributed by atoms with van der Waals surface area (Å²) in [7, 11) is 2.14. The topological polar surface area (TPSA) is 29.5 Å². The first kappa shape index (κ1) is 13.0. The summed E-state index contributed by atoms with van der Waals surface area (Å²) in [6, 6.07) is 0.500. The van der Waals surface area contributed by atoms with Gasteiger partial charge in [-0.15, -0.1) is 0 Å². The van der Waals surface area contributed by atoms with Crippen molar-refractivity contribution in [3.8, 4) is 0 Å². The smallest absolute Gasteiger partial charge is 0.137 e. The van der Waals surface area contributed by atoms with Gasteiger partial charge in [0.15, 0.2) is 0 Å². The minimum absolute atomic E-state index is 0.261. The highest BCUT2D eigenvalue weighted by molar-refractivity contribution is 5.81. The van der Waals surface area contributed by atoms with Gasteiger partial charge < -0.3 is 9.64 Å². The Bertz CT molecular complexity index is 279. The van der Waals surface area contributed by atoms with E-state index in [2.05, 4.69) is 25.8 Å². The fourth-order valence-electron chi connectivity index (χ4n) is 3.29. The number of ether oxygens (including phenoxy) is 1. The number of carbonyl (C=O) groups is 1. The Balaban J connectivity index is 1.88. The van der Waals surface area contributed by atoms with E-state index in [4.69, 9.17) is 4.74 Å². The van der Waals surface area contributed by atoms with Crippen LogP contribution in [0.15, 0.2) is 0 Å². The molecule has 1 saturated carbocycles. The minimum Gasteiger partial charge on any atom is -0.377 e. The standard InChI is InChI=1S/C14H25NO2/c1-10-4-5-14(16)12(8-10)9-15(3)13-6-7-17-11(13)2/h10-13H,4-9H2,1-3H3. The second kappa shape index (κ2) is 5.49. The van der Waals surface area contributed by atoms with Crippen LogP contribution in [0.25, 0.3) is 0 Å². The van der Waals surface area contributed by atoms with Gasteiger partial charge in [0, 0.05) is 31.5 Å². The highest BCUT2D eigenvalue weighted by Gasteiger charge is 2.32. The van der Waals surface area contributed by atoms with E-state index in [1.54, 1.807) is 0 Å². The number of carbonyl (C=O) groups excluding carboxylic acids is 1. The number of hydrogen-bond donors (Lipinski definition) is 0. The lowest BCUT2D eigenvalue weighted by Crippen LogP contribution is -2.42. The minimum atomic E-state index is 0.261. The fourth-order valence-corrected chi connectivity index (χ4v) is 3.29. The van der Waals surface area contributed by atoms with E-state index in [0.29, 0.717) is 23.8 Å². The lowest BCUT2D eigenvalue weighted by molar-refractivity contribution is -0.126. The molecule has 0 aromatic heterocycles. The van der Waals surface area contributed by atoms with Crippen LogP contribution in [0, 0.1) is 11.8 Å². The molecule has 0 aromatic carbocycles. The molecule has 17 heavy (non-hydrogen) atoms. The van der Waals surface area contributed by atoms with Crippen molar-refractivity contribution >= 4 is 5.78 Å². The van der Waals surface area contributed by atoms with Crippen LogP contribution in [0.4, 0.5) is 0 Å². The summed E-state index contributed by atoms with van der Waals surface area (Å²) in [5.74, 6) is 1.45. The first-order valence-electron chi connectivity index (χ1n) is 6.92. The first-order chi connectivity index (χ1) is 8.08. The maximum absolute atomic E-state index is 11.9. The zero-order chi connectivity index (χ0) is 12.4. The molecule has 1 aliphatic heterocycles. The molecule has 0 aromatic rings. The molecular weight excluding hydrogens is 214 g/mol. The van der Waals surface area contributed by atoms with E-state index in [1.165, 1.54) is 0 Å². The van der Waals surface area contributed by atoms with Crippen LogP contribution in [0.3, 0.4) is 0 Å². The molecule has 2 rings (SSSR count). The van der Waals surface area contributed by atoms with Gasteiger partial charge in [0.1, 0.15) is 5.78 Å². The van der Waals surface area contributed by atoms with Crippen molar-refractivity contribution in [2.45, 2.75) is 51.7 Å². The lowest BCUT2D eigenvalue weighted by Gasteiger charge is -2.33. The molecule has 98 valence electrons. The third kappa shape index (κ3) is 3.08. The molecule has 1 heterocycles. The molecule has 3 heteroatoms. The summed E-state index contributed by atoms with van der Waals surface area (Å²) in [5, 5.41) is 0. The van der Waals surface area contributed by atoms with E-state index >= 15 is 0 Å². The average molecular weight is 239 g/mol. The Morgan fingerprint density at radius 2 is 2.12 bits per heavy atom. The maximum atomic E-state index is 11.9. The van der Waals surface area contributed by atoms with Gasteiger partial charge in [-0.3, -0.25) is 4.79 Å². The van der Waals surface area contributed by atoms with E-state index < -0.39 is 0 Å². The van der Waals surface area contributed by atoms with Crippen molar-refractivity contribution in [3.05, 3.63) is 0 Å². The van der Waals surface area contributed by atoms with Crippen molar-refractivity contribution in [1.82, 2.24) is 4.90 Å². The van der Waals surface area contributed by atoms with E-state index in [0.717, 1.165) is 38.8 Å². The summed E-state index contributed by atoms with van der Waals surface area (Å²) in [6.45, 7) is 6.19. The predicted molar refractivity (Wildman–Crippen MR) is 68.0 cm³/mol. The molecule has 0 radical (unpaired) electrons. The number of nitrogens with zero attached hydrogens (tertiary/aromatic N) is 1. The van der Waals surface area contributed by atoms with Crippen molar-refractivity contribution < 1.29 is 9.53 Å². The summed E-state index contributed by atoms with van der Waals surface area (Å²) in [6.07, 6.45) is 4.37. The summed E-state index contributed by atoms with van der Waals surface area (Å²) in [5.41, 5.74) is 0. The molecule has 0 spiro atoms. The Morgan fingerprint density at radius 3 is 2.76 bits per heavy atom. The van der Waals surface area contributed by atoms with Crippen molar-refractivity contribution in [1.29, 1.82) is 0 Å². The predicted octanol–water partition coefficient (Wildman–Crippen LogP) is 2.10. The van der Waals surface area contributed by atoms with E-state index in [9.17, 15) is 4.79 Å². The number of rotatable bonds is 3. The van der Waals surface area contributed by atoms with Crippen LogP contribution in [0.2, 0.25) is 0 Å². The number of Topliss-reactive ketones (excluding diaryl/α,β-unsaturated/α-hetero) is 1. The molecule has 4 atom stereocenters. The molecule has 0 bridgehead atoms. The van der Waals surface area contributed by atoms with Crippen LogP contribution in [0.5, 0.6) is 0 Å². The monoisotopic (exact) mass is 239 g/mol. The Morgan fingerprint density at radius 1 is 1.35 bits per heavy atom. The molecule has 0 amide bonds. The molecule has 1 aliphatic carbocycles. The number of likely N-dealkylation sites (N-methyl/N-ethyl adjacent to an activating group) is 1. The zero-order valence-electron chi connectivity index (χ0n) is 11.3. The SMILES string of the molecule is CC1CCC(=O)C(CN(C)C2CCOC2C)C1. The highest BCUT2D eigenvalue weighted by Crippen LogP contribution is 2.28. The molecule has 2 aliphatic rings. The maximum Gasteiger partial charge on any atom is 0.137 e. The lowest BCUT2D eigenvalue weighted by atomic mass is 9.81. The first-order valence-corrected chi connectivity index (χ1v) is 6.92. The second-order valence-electron chi connectivity index (χ2n) is 5.91. The van der Waals surface area contributed by atoms with Gasteiger partial charge in [-0.2, -0.15) is 0 Å². The zero-order valence-corrected chi connectivity index (χ0v) is 11.3. The second-order valence-corrected chi connectivity index (χ2v) is 5.91.